The molecule has 0 saturated heterocycles. The lowest BCUT2D eigenvalue weighted by Crippen LogP contribution is -2.14. The lowest BCUT2D eigenvalue weighted by atomic mass is 10.1. The van der Waals surface area contributed by atoms with Crippen molar-refractivity contribution in [3.63, 3.8) is 0 Å². The predicted molar refractivity (Wildman–Crippen MR) is 66.6 cm³/mol. The van der Waals surface area contributed by atoms with Gasteiger partial charge in [0, 0.05) is 6.54 Å². The van der Waals surface area contributed by atoms with Gasteiger partial charge in [0.1, 0.15) is 0 Å². The molecule has 13 heavy (non-hydrogen) atoms. The predicted octanol–water partition coefficient (Wildman–Crippen LogP) is 2.78. The average Bonchev–Trinajstić information content (AvgIpc) is 2.16. The molecule has 0 aliphatic heterocycles. The van der Waals surface area contributed by atoms with Gasteiger partial charge in [-0.2, -0.15) is 12.6 Å². The molecule has 0 amide bonds. The molecule has 0 aromatic heterocycles. The first-order valence-electron chi connectivity index (χ1n) is 4.16. The van der Waals surface area contributed by atoms with E-state index < -0.39 is 0 Å². The average molecular weight is 199 g/mol. The Hall–Kier alpha value is -0.470. The van der Waals surface area contributed by atoms with Gasteiger partial charge < -0.3 is 4.90 Å². The van der Waals surface area contributed by atoms with Crippen LogP contribution in [0, 0.1) is 0 Å². The Morgan fingerprint density at radius 1 is 1.23 bits per heavy atom. The van der Waals surface area contributed by atoms with Crippen molar-refractivity contribution in [3.05, 3.63) is 36.5 Å². The second-order valence-corrected chi connectivity index (χ2v) is 2.85. The first-order valence-corrected chi connectivity index (χ1v) is 5.05. The van der Waals surface area contributed by atoms with Gasteiger partial charge >= 0.3 is 0 Å². The highest BCUT2D eigenvalue weighted by molar-refractivity contribution is 7.79. The van der Waals surface area contributed by atoms with Crippen LogP contribution in [0.25, 0.3) is 0 Å². The molecule has 0 aromatic rings. The summed E-state index contributed by atoms with van der Waals surface area (Å²) in [6, 6.07) is 0. The molecule has 1 nitrogen and oxygen atoms in total. The molecule has 76 valence electrons. The van der Waals surface area contributed by atoms with Crippen molar-refractivity contribution >= 4 is 12.6 Å². The fourth-order valence-electron chi connectivity index (χ4n) is 0.822. The number of hydrogen-bond donors (Lipinski definition) is 1. The van der Waals surface area contributed by atoms with E-state index in [1.54, 1.807) is 6.26 Å². The van der Waals surface area contributed by atoms with E-state index in [4.69, 9.17) is 0 Å². The molecule has 0 aromatic carbocycles. The SMILES string of the molecule is C=C/C(C)=C(\C=C)CN(C)C.CS. The van der Waals surface area contributed by atoms with Gasteiger partial charge in [0.05, 0.1) is 0 Å². The number of nitrogens with zero attached hydrogens (tertiary/aromatic N) is 1. The van der Waals surface area contributed by atoms with E-state index in [2.05, 4.69) is 30.7 Å². The number of hydrogen-bond acceptors (Lipinski definition) is 2. The summed E-state index contributed by atoms with van der Waals surface area (Å²) in [5.41, 5.74) is 2.44. The molecule has 0 atom stereocenters. The highest BCUT2D eigenvalue weighted by Gasteiger charge is 1.96. The van der Waals surface area contributed by atoms with E-state index in [0.717, 1.165) is 6.54 Å². The molecule has 0 N–H and O–H groups in total. The molecule has 0 unspecified atom stereocenters. The van der Waals surface area contributed by atoms with Gasteiger partial charge in [-0.3, -0.25) is 0 Å². The zero-order valence-corrected chi connectivity index (χ0v) is 10.1. The second kappa shape index (κ2) is 9.62. The van der Waals surface area contributed by atoms with Crippen LogP contribution in [-0.2, 0) is 0 Å². The van der Waals surface area contributed by atoms with Gasteiger partial charge in [-0.15, -0.1) is 0 Å². The maximum absolute atomic E-state index is 3.75. The first-order chi connectivity index (χ1) is 6.11. The standard InChI is InChI=1S/C10H17N.CH4S/c1-6-9(3)10(7-2)8-11(4)5;1-2/h6-7H,1-2,8H2,3-5H3;2H,1H3/b10-9+;. The number of rotatable bonds is 4. The maximum atomic E-state index is 3.75. The van der Waals surface area contributed by atoms with Gasteiger partial charge in [0.2, 0.25) is 0 Å². The quantitative estimate of drug-likeness (QED) is 0.538. The molecule has 0 aliphatic carbocycles. The van der Waals surface area contributed by atoms with Crippen LogP contribution in [0.4, 0.5) is 0 Å². The lowest BCUT2D eigenvalue weighted by molar-refractivity contribution is 0.448. The van der Waals surface area contributed by atoms with Gasteiger partial charge in [-0.25, -0.2) is 0 Å². The maximum Gasteiger partial charge on any atom is 0.0230 e. The normalized spacial score (nSPS) is 11.2. The zero-order chi connectivity index (χ0) is 10.9. The molecule has 0 spiro atoms. The van der Waals surface area contributed by atoms with Crippen LogP contribution in [-0.4, -0.2) is 31.8 Å². The van der Waals surface area contributed by atoms with Gasteiger partial charge in [0.15, 0.2) is 0 Å². The fraction of sp³-hybridized carbons (Fsp3) is 0.455. The summed E-state index contributed by atoms with van der Waals surface area (Å²) in [5, 5.41) is 0. The van der Waals surface area contributed by atoms with Gasteiger partial charge in [-0.1, -0.05) is 25.3 Å². The summed E-state index contributed by atoms with van der Waals surface area (Å²) in [5.74, 6) is 0. The van der Waals surface area contributed by atoms with Crippen LogP contribution in [0.2, 0.25) is 0 Å². The van der Waals surface area contributed by atoms with Gasteiger partial charge in [-0.05, 0) is 38.4 Å². The van der Waals surface area contributed by atoms with Crippen molar-refractivity contribution in [2.45, 2.75) is 6.92 Å². The Bertz CT molecular complexity index is 181. The van der Waals surface area contributed by atoms with Crippen LogP contribution in [0.1, 0.15) is 6.92 Å². The Morgan fingerprint density at radius 3 is 1.92 bits per heavy atom. The van der Waals surface area contributed by atoms with Crippen LogP contribution in [0.5, 0.6) is 0 Å². The smallest absolute Gasteiger partial charge is 0.0230 e. The van der Waals surface area contributed by atoms with E-state index in [1.165, 1.54) is 11.1 Å². The minimum atomic E-state index is 0.932. The molecule has 0 heterocycles. The van der Waals surface area contributed by atoms with E-state index in [1.807, 2.05) is 33.2 Å². The molecular formula is C11H21NS. The lowest BCUT2D eigenvalue weighted by Gasteiger charge is -2.11. The fourth-order valence-corrected chi connectivity index (χ4v) is 0.822. The highest BCUT2D eigenvalue weighted by Crippen LogP contribution is 2.06. The summed E-state index contributed by atoms with van der Waals surface area (Å²) in [4.78, 5) is 2.12. The van der Waals surface area contributed by atoms with Crippen molar-refractivity contribution in [2.75, 3.05) is 26.9 Å². The summed E-state index contributed by atoms with van der Waals surface area (Å²) >= 11 is 3.53. The highest BCUT2D eigenvalue weighted by atomic mass is 32.1. The van der Waals surface area contributed by atoms with Gasteiger partial charge in [0.25, 0.3) is 0 Å². The Labute approximate surface area is 88.2 Å². The third kappa shape index (κ3) is 7.88. The molecule has 0 radical (unpaired) electrons. The third-order valence-corrected chi connectivity index (χ3v) is 1.55. The molecule has 0 bridgehead atoms. The van der Waals surface area contributed by atoms with E-state index in [0.29, 0.717) is 0 Å². The molecular weight excluding hydrogens is 178 g/mol. The molecule has 0 fully saturated rings. The monoisotopic (exact) mass is 199 g/mol. The van der Waals surface area contributed by atoms with Crippen molar-refractivity contribution < 1.29 is 0 Å². The summed E-state index contributed by atoms with van der Waals surface area (Å²) in [6.45, 7) is 10.4. The summed E-state index contributed by atoms with van der Waals surface area (Å²) in [6.07, 6.45) is 5.44. The first kappa shape index (κ1) is 15.0. The Kier molecular flexibility index (Phi) is 11.1. The minimum Gasteiger partial charge on any atom is -0.305 e. The summed E-state index contributed by atoms with van der Waals surface area (Å²) < 4.78 is 0. The Morgan fingerprint density at radius 2 is 1.69 bits per heavy atom. The molecule has 0 rings (SSSR count). The molecule has 0 aliphatic rings. The van der Waals surface area contributed by atoms with Crippen molar-refractivity contribution in [1.82, 2.24) is 4.90 Å². The molecule has 2 heteroatoms. The van der Waals surface area contributed by atoms with E-state index >= 15 is 0 Å². The zero-order valence-electron chi connectivity index (χ0n) is 9.17. The number of thiol groups is 1. The minimum absolute atomic E-state index is 0.932. The van der Waals surface area contributed by atoms with Crippen molar-refractivity contribution in [3.8, 4) is 0 Å². The largest absolute Gasteiger partial charge is 0.305 e. The van der Waals surface area contributed by atoms with E-state index in [9.17, 15) is 0 Å². The van der Waals surface area contributed by atoms with Crippen LogP contribution < -0.4 is 0 Å². The van der Waals surface area contributed by atoms with E-state index in [-0.39, 0.29) is 0 Å². The second-order valence-electron chi connectivity index (χ2n) is 2.85. The van der Waals surface area contributed by atoms with Crippen LogP contribution in [0.15, 0.2) is 36.5 Å². The van der Waals surface area contributed by atoms with Crippen molar-refractivity contribution in [2.24, 2.45) is 0 Å². The number of allylic oxidation sites excluding steroid dienone is 2. The topological polar surface area (TPSA) is 3.24 Å². The number of likely N-dealkylation sites (N-methyl/N-ethyl adjacent to an activating group) is 1. The summed E-state index contributed by atoms with van der Waals surface area (Å²) in [7, 11) is 4.08. The third-order valence-electron chi connectivity index (χ3n) is 1.55. The van der Waals surface area contributed by atoms with Crippen LogP contribution >= 0.6 is 12.6 Å². The Balaban J connectivity index is 0. The van der Waals surface area contributed by atoms with Crippen LogP contribution in [0.3, 0.4) is 0 Å². The van der Waals surface area contributed by atoms with Crippen molar-refractivity contribution in [1.29, 1.82) is 0 Å². The molecule has 0 saturated carbocycles.